The van der Waals surface area contributed by atoms with Crippen LogP contribution in [-0.4, -0.2) is 17.2 Å². The van der Waals surface area contributed by atoms with Crippen molar-refractivity contribution in [3.05, 3.63) is 53.2 Å². The molecule has 0 bridgehead atoms. The first-order valence-electron chi connectivity index (χ1n) is 8.06. The minimum atomic E-state index is 0.125. The first kappa shape index (κ1) is 18.2. The Hall–Kier alpha value is -2.14. The first-order valence-corrected chi connectivity index (χ1v) is 8.47. The number of thiocarbonyl (C=S) groups is 1. The van der Waals surface area contributed by atoms with E-state index in [4.69, 9.17) is 17.0 Å². The minimum absolute atomic E-state index is 0.125. The van der Waals surface area contributed by atoms with Crippen LogP contribution in [0.25, 0.3) is 0 Å². The van der Waals surface area contributed by atoms with Gasteiger partial charge in [0.1, 0.15) is 0 Å². The molecule has 2 rings (SSSR count). The van der Waals surface area contributed by atoms with Crippen LogP contribution >= 0.6 is 12.2 Å². The van der Waals surface area contributed by atoms with Gasteiger partial charge in [-0.1, -0.05) is 37.6 Å². The SMILES string of the molecule is COc1cccnc1NC(=S)N[C@H](c1ccc(C)cc1C)C(C)C. The van der Waals surface area contributed by atoms with Gasteiger partial charge in [0.05, 0.1) is 13.2 Å². The third-order valence-corrected chi connectivity index (χ3v) is 4.16. The average molecular weight is 343 g/mol. The Kier molecular flexibility index (Phi) is 6.15. The normalized spacial score (nSPS) is 11.9. The van der Waals surface area contributed by atoms with Gasteiger partial charge >= 0.3 is 0 Å². The Morgan fingerprint density at radius 1 is 1.21 bits per heavy atom. The van der Waals surface area contributed by atoms with E-state index in [2.05, 4.69) is 61.5 Å². The summed E-state index contributed by atoms with van der Waals surface area (Å²) in [6.45, 7) is 8.60. The summed E-state index contributed by atoms with van der Waals surface area (Å²) in [6, 6.07) is 10.3. The highest BCUT2D eigenvalue weighted by atomic mass is 32.1. The van der Waals surface area contributed by atoms with Crippen LogP contribution in [0.3, 0.4) is 0 Å². The van der Waals surface area contributed by atoms with Crippen LogP contribution < -0.4 is 15.4 Å². The van der Waals surface area contributed by atoms with Gasteiger partial charge in [-0.3, -0.25) is 0 Å². The smallest absolute Gasteiger partial charge is 0.174 e. The van der Waals surface area contributed by atoms with Gasteiger partial charge in [0.25, 0.3) is 0 Å². The summed E-state index contributed by atoms with van der Waals surface area (Å²) in [4.78, 5) is 4.28. The predicted molar refractivity (Wildman–Crippen MR) is 104 cm³/mol. The van der Waals surface area contributed by atoms with Crippen LogP contribution in [0.15, 0.2) is 36.5 Å². The number of pyridine rings is 1. The molecule has 0 saturated carbocycles. The van der Waals surface area contributed by atoms with Crippen molar-refractivity contribution in [1.29, 1.82) is 0 Å². The number of nitrogens with zero attached hydrogens (tertiary/aromatic N) is 1. The number of aromatic nitrogens is 1. The number of hydrogen-bond donors (Lipinski definition) is 2. The molecule has 0 aliphatic carbocycles. The van der Waals surface area contributed by atoms with Gasteiger partial charge in [-0.2, -0.15) is 0 Å². The molecule has 24 heavy (non-hydrogen) atoms. The Morgan fingerprint density at radius 2 is 1.96 bits per heavy atom. The Morgan fingerprint density at radius 3 is 2.58 bits per heavy atom. The number of nitrogens with one attached hydrogen (secondary N) is 2. The minimum Gasteiger partial charge on any atom is -0.493 e. The molecule has 128 valence electrons. The van der Waals surface area contributed by atoms with Gasteiger partial charge in [-0.05, 0) is 55.2 Å². The number of methoxy groups -OCH3 is 1. The molecule has 0 unspecified atom stereocenters. The molecule has 0 aliphatic heterocycles. The molecule has 0 saturated heterocycles. The molecule has 1 heterocycles. The fourth-order valence-corrected chi connectivity index (χ4v) is 2.94. The zero-order valence-corrected chi connectivity index (χ0v) is 15.7. The van der Waals surface area contributed by atoms with Crippen molar-refractivity contribution < 1.29 is 4.74 Å². The Balaban J connectivity index is 2.17. The molecule has 2 aromatic rings. The number of aryl methyl sites for hydroxylation is 2. The van der Waals surface area contributed by atoms with Crippen molar-refractivity contribution in [3.8, 4) is 5.75 Å². The summed E-state index contributed by atoms with van der Waals surface area (Å²) in [5.41, 5.74) is 3.78. The second-order valence-corrected chi connectivity index (χ2v) is 6.64. The van der Waals surface area contributed by atoms with E-state index >= 15 is 0 Å². The van der Waals surface area contributed by atoms with E-state index in [1.54, 1.807) is 13.3 Å². The first-order chi connectivity index (χ1) is 11.4. The van der Waals surface area contributed by atoms with E-state index in [9.17, 15) is 0 Å². The van der Waals surface area contributed by atoms with Crippen LogP contribution in [0, 0.1) is 19.8 Å². The van der Waals surface area contributed by atoms with Crippen LogP contribution in [-0.2, 0) is 0 Å². The van der Waals surface area contributed by atoms with E-state index in [-0.39, 0.29) is 6.04 Å². The average Bonchev–Trinajstić information content (AvgIpc) is 2.53. The van der Waals surface area contributed by atoms with Gasteiger partial charge in [-0.15, -0.1) is 0 Å². The number of ether oxygens (including phenoxy) is 1. The standard InChI is InChI=1S/C19H25N3OS/c1-12(2)17(15-9-8-13(3)11-14(15)4)21-19(24)22-18-16(23-5)7-6-10-20-18/h6-12,17H,1-5H3,(H2,20,21,22,24)/t17-/m0/s1. The summed E-state index contributed by atoms with van der Waals surface area (Å²) >= 11 is 5.49. The number of anilines is 1. The molecule has 0 aliphatic rings. The van der Waals surface area contributed by atoms with Gasteiger partial charge in [0.15, 0.2) is 16.7 Å². The maximum absolute atomic E-state index is 5.49. The zero-order chi connectivity index (χ0) is 17.7. The van der Waals surface area contributed by atoms with Gasteiger partial charge in [-0.25, -0.2) is 4.98 Å². The lowest BCUT2D eigenvalue weighted by Gasteiger charge is -2.26. The molecule has 0 radical (unpaired) electrons. The third-order valence-electron chi connectivity index (χ3n) is 3.94. The molecule has 1 aromatic carbocycles. The summed E-state index contributed by atoms with van der Waals surface area (Å²) in [5, 5.41) is 7.08. The fraction of sp³-hybridized carbons (Fsp3) is 0.368. The lowest BCUT2D eigenvalue weighted by atomic mass is 9.92. The van der Waals surface area contributed by atoms with Crippen molar-refractivity contribution in [2.24, 2.45) is 5.92 Å². The molecule has 0 spiro atoms. The van der Waals surface area contributed by atoms with E-state index in [1.165, 1.54) is 16.7 Å². The van der Waals surface area contributed by atoms with Crippen molar-refractivity contribution in [2.75, 3.05) is 12.4 Å². The van der Waals surface area contributed by atoms with Crippen LogP contribution in [0.5, 0.6) is 5.75 Å². The highest BCUT2D eigenvalue weighted by Crippen LogP contribution is 2.26. The van der Waals surface area contributed by atoms with Crippen LogP contribution in [0.2, 0.25) is 0 Å². The third kappa shape index (κ3) is 4.45. The lowest BCUT2D eigenvalue weighted by Crippen LogP contribution is -2.35. The number of benzene rings is 1. The summed E-state index contributed by atoms with van der Waals surface area (Å²) in [7, 11) is 1.62. The molecule has 5 heteroatoms. The quantitative estimate of drug-likeness (QED) is 0.788. The number of rotatable bonds is 5. The number of hydrogen-bond acceptors (Lipinski definition) is 3. The summed E-state index contributed by atoms with van der Waals surface area (Å²) in [6.07, 6.45) is 1.71. The molecule has 4 nitrogen and oxygen atoms in total. The van der Waals surface area contributed by atoms with E-state index in [0.29, 0.717) is 22.6 Å². The second-order valence-electron chi connectivity index (χ2n) is 6.23. The topological polar surface area (TPSA) is 46.2 Å². The molecule has 1 aromatic heterocycles. The highest BCUT2D eigenvalue weighted by molar-refractivity contribution is 7.80. The van der Waals surface area contributed by atoms with Crippen molar-refractivity contribution in [3.63, 3.8) is 0 Å². The zero-order valence-electron chi connectivity index (χ0n) is 14.9. The van der Waals surface area contributed by atoms with Crippen LogP contribution in [0.1, 0.15) is 36.6 Å². The largest absolute Gasteiger partial charge is 0.493 e. The molecular weight excluding hydrogens is 318 g/mol. The Bertz CT molecular complexity index is 716. The summed E-state index contributed by atoms with van der Waals surface area (Å²) in [5.74, 6) is 1.66. The highest BCUT2D eigenvalue weighted by Gasteiger charge is 2.19. The molecule has 0 amide bonds. The second kappa shape index (κ2) is 8.11. The Labute approximate surface area is 149 Å². The van der Waals surface area contributed by atoms with E-state index in [0.717, 1.165) is 0 Å². The maximum Gasteiger partial charge on any atom is 0.174 e. The van der Waals surface area contributed by atoms with Crippen molar-refractivity contribution in [1.82, 2.24) is 10.3 Å². The maximum atomic E-state index is 5.49. The molecule has 0 fully saturated rings. The van der Waals surface area contributed by atoms with Crippen molar-refractivity contribution >= 4 is 23.1 Å². The van der Waals surface area contributed by atoms with Crippen molar-refractivity contribution in [2.45, 2.75) is 33.7 Å². The molecule has 1 atom stereocenters. The van der Waals surface area contributed by atoms with Gasteiger partial charge in [0.2, 0.25) is 0 Å². The summed E-state index contributed by atoms with van der Waals surface area (Å²) < 4.78 is 5.30. The molecule has 2 N–H and O–H groups in total. The van der Waals surface area contributed by atoms with Crippen LogP contribution in [0.4, 0.5) is 5.82 Å². The fourth-order valence-electron chi connectivity index (χ4n) is 2.71. The monoisotopic (exact) mass is 343 g/mol. The van der Waals surface area contributed by atoms with Gasteiger partial charge < -0.3 is 15.4 Å². The van der Waals surface area contributed by atoms with E-state index in [1.807, 2.05) is 12.1 Å². The molecular formula is C19H25N3OS. The lowest BCUT2D eigenvalue weighted by molar-refractivity contribution is 0.415. The van der Waals surface area contributed by atoms with Gasteiger partial charge in [0, 0.05) is 6.20 Å². The van der Waals surface area contributed by atoms with E-state index < -0.39 is 0 Å². The predicted octanol–water partition coefficient (Wildman–Crippen LogP) is 4.39.